The van der Waals surface area contributed by atoms with Crippen molar-refractivity contribution < 1.29 is 14.3 Å². The Morgan fingerprint density at radius 1 is 0.585 bits per heavy atom. The molecule has 3 heteroatoms. The average molecular weight is 573 g/mol. The van der Waals surface area contributed by atoms with E-state index >= 15 is 0 Å². The average Bonchev–Trinajstić information content (AvgIpc) is 3.00. The van der Waals surface area contributed by atoms with Crippen molar-refractivity contribution in [1.29, 1.82) is 0 Å². The summed E-state index contributed by atoms with van der Waals surface area (Å²) in [5.41, 5.74) is 2.06. The molecule has 0 N–H and O–H groups in total. The normalized spacial score (nSPS) is 8.63. The first-order valence-electron chi connectivity index (χ1n) is 15.1. The lowest BCUT2D eigenvalue weighted by atomic mass is 10.2. The summed E-state index contributed by atoms with van der Waals surface area (Å²) >= 11 is 0. The summed E-state index contributed by atoms with van der Waals surface area (Å²) in [6, 6.07) is 19.4. The van der Waals surface area contributed by atoms with Gasteiger partial charge in [-0.1, -0.05) is 182 Å². The van der Waals surface area contributed by atoms with Crippen molar-refractivity contribution in [2.45, 2.75) is 129 Å². The lowest BCUT2D eigenvalue weighted by Gasteiger charge is -1.94. The van der Waals surface area contributed by atoms with Gasteiger partial charge < -0.3 is 4.74 Å². The van der Waals surface area contributed by atoms with Crippen LogP contribution in [0.3, 0.4) is 0 Å². The highest BCUT2D eigenvalue weighted by atomic mass is 16.5. The molecule has 2 aromatic carbocycles. The smallest absolute Gasteiger partial charge is 0.330 e. The molecular formula is C38H68O3. The molecular weight excluding hydrogens is 504 g/mol. The summed E-state index contributed by atoms with van der Waals surface area (Å²) in [5, 5.41) is 0. The van der Waals surface area contributed by atoms with E-state index in [1.807, 2.05) is 101 Å². The molecule has 0 saturated heterocycles. The number of carbonyl (C=O) groups excluding carboxylic acids is 2. The molecule has 0 heterocycles. The maximum atomic E-state index is 10.9. The topological polar surface area (TPSA) is 43.4 Å². The van der Waals surface area contributed by atoms with Gasteiger partial charge >= 0.3 is 5.97 Å². The van der Waals surface area contributed by atoms with Gasteiger partial charge in [0.05, 0.1) is 6.61 Å². The Hall–Kier alpha value is -2.94. The number of hydrogen-bond donors (Lipinski definition) is 0. The predicted molar refractivity (Wildman–Crippen MR) is 189 cm³/mol. The zero-order chi connectivity index (χ0) is 30.6. The number of esters is 1. The number of unbranched alkanes of at least 4 members (excludes halogenated alkanes) is 4. The molecule has 0 atom stereocenters. The van der Waals surface area contributed by atoms with E-state index in [0.717, 1.165) is 11.1 Å². The molecule has 238 valence electrons. The van der Waals surface area contributed by atoms with Crippen molar-refractivity contribution in [3.8, 4) is 0 Å². The number of ether oxygens (including phenoxy) is 1. The van der Waals surface area contributed by atoms with Crippen LogP contribution in [-0.2, 0) is 14.3 Å². The van der Waals surface area contributed by atoms with Gasteiger partial charge in [-0.15, -0.1) is 0 Å². The standard InChI is InChI=1S/C11H12O2.C11H12O.2C5H12.2C2H6.2CH4/c1-2-13-11(12)9-8-10-6-4-3-5-7-10;1-2-11(12)9-8-10-6-4-3-5-7-10;2*1-3-5-4-2;2*1-2;;/h3-9H,2H2,1H3;3-9H,2H2,1H3;2*3-5H2,1-2H3;2*1-2H3;2*1H4. The first-order chi connectivity index (χ1) is 19.0. The van der Waals surface area contributed by atoms with E-state index in [0.29, 0.717) is 13.0 Å². The number of benzene rings is 2. The van der Waals surface area contributed by atoms with E-state index in [1.165, 1.54) is 44.6 Å². The van der Waals surface area contributed by atoms with Crippen molar-refractivity contribution in [3.63, 3.8) is 0 Å². The number of rotatable bonds is 10. The fourth-order valence-corrected chi connectivity index (χ4v) is 2.50. The first kappa shape index (κ1) is 50.9. The van der Waals surface area contributed by atoms with Crippen LogP contribution in [0.25, 0.3) is 12.2 Å². The molecule has 0 aliphatic carbocycles. The third-order valence-electron chi connectivity index (χ3n) is 4.52. The third kappa shape index (κ3) is 44.3. The summed E-state index contributed by atoms with van der Waals surface area (Å²) in [4.78, 5) is 21.8. The number of ketones is 1. The Morgan fingerprint density at radius 2 is 0.927 bits per heavy atom. The second-order valence-corrected chi connectivity index (χ2v) is 7.77. The van der Waals surface area contributed by atoms with Crippen LogP contribution in [-0.4, -0.2) is 18.4 Å². The Balaban J connectivity index is -0.000000101. The molecule has 0 aromatic heterocycles. The molecule has 0 amide bonds. The molecule has 0 aliphatic rings. The van der Waals surface area contributed by atoms with Crippen molar-refractivity contribution in [2.75, 3.05) is 6.61 Å². The predicted octanol–water partition coefficient (Wildman–Crippen LogP) is 12.7. The van der Waals surface area contributed by atoms with Crippen LogP contribution in [0.15, 0.2) is 72.8 Å². The van der Waals surface area contributed by atoms with Gasteiger partial charge in [0.2, 0.25) is 0 Å². The van der Waals surface area contributed by atoms with Crippen molar-refractivity contribution in [2.24, 2.45) is 0 Å². The molecule has 0 radical (unpaired) electrons. The van der Waals surface area contributed by atoms with E-state index in [-0.39, 0.29) is 26.6 Å². The van der Waals surface area contributed by atoms with Gasteiger partial charge in [0, 0.05) is 12.5 Å². The lowest BCUT2D eigenvalue weighted by molar-refractivity contribution is -0.137. The SMILES string of the molecule is C.C.CC.CC.CCC(=O)C=Cc1ccccc1.CCCCC.CCCCC.CCOC(=O)C=Cc1ccccc1. The highest BCUT2D eigenvalue weighted by Gasteiger charge is 1.92. The second kappa shape index (κ2) is 46.9. The Labute approximate surface area is 257 Å². The summed E-state index contributed by atoms with van der Waals surface area (Å²) in [5.74, 6) is -0.134. The van der Waals surface area contributed by atoms with Crippen molar-refractivity contribution >= 4 is 23.9 Å². The minimum Gasteiger partial charge on any atom is -0.463 e. The maximum Gasteiger partial charge on any atom is 0.330 e. The van der Waals surface area contributed by atoms with Gasteiger partial charge in [0.25, 0.3) is 0 Å². The molecule has 0 fully saturated rings. The molecule has 0 unspecified atom stereocenters. The van der Waals surface area contributed by atoms with E-state index < -0.39 is 0 Å². The largest absolute Gasteiger partial charge is 0.463 e. The summed E-state index contributed by atoms with van der Waals surface area (Å²) in [7, 11) is 0. The molecule has 41 heavy (non-hydrogen) atoms. The van der Waals surface area contributed by atoms with Crippen molar-refractivity contribution in [1.82, 2.24) is 0 Å². The minimum absolute atomic E-state index is 0. The Kier molecular flexibility index (Phi) is 58.2. The third-order valence-corrected chi connectivity index (χ3v) is 4.52. The lowest BCUT2D eigenvalue weighted by Crippen LogP contribution is -1.98. The van der Waals surface area contributed by atoms with Gasteiger partial charge in [0.15, 0.2) is 5.78 Å². The first-order valence-corrected chi connectivity index (χ1v) is 15.1. The molecule has 0 bridgehead atoms. The van der Waals surface area contributed by atoms with Gasteiger partial charge in [-0.2, -0.15) is 0 Å². The highest BCUT2D eigenvalue weighted by molar-refractivity contribution is 5.93. The van der Waals surface area contributed by atoms with Crippen LogP contribution >= 0.6 is 0 Å². The number of hydrogen-bond acceptors (Lipinski definition) is 3. The fraction of sp³-hybridized carbons (Fsp3) is 0.526. The van der Waals surface area contributed by atoms with Crippen LogP contribution in [0.4, 0.5) is 0 Å². The van der Waals surface area contributed by atoms with Gasteiger partial charge in [-0.25, -0.2) is 4.79 Å². The van der Waals surface area contributed by atoms with Crippen LogP contribution in [0.2, 0.25) is 0 Å². The molecule has 3 nitrogen and oxygen atoms in total. The van der Waals surface area contributed by atoms with Crippen LogP contribution < -0.4 is 0 Å². The molecule has 2 rings (SSSR count). The molecule has 2 aromatic rings. The number of carbonyl (C=O) groups is 2. The van der Waals surface area contributed by atoms with Gasteiger partial charge in [-0.05, 0) is 30.2 Å². The second-order valence-electron chi connectivity index (χ2n) is 7.77. The maximum absolute atomic E-state index is 10.9. The van der Waals surface area contributed by atoms with Crippen LogP contribution in [0.5, 0.6) is 0 Å². The summed E-state index contributed by atoms with van der Waals surface area (Å²) in [6.07, 6.45) is 15.3. The Morgan fingerprint density at radius 3 is 1.20 bits per heavy atom. The number of allylic oxidation sites excluding steroid dienone is 1. The van der Waals surface area contributed by atoms with E-state index in [1.54, 1.807) is 19.1 Å². The van der Waals surface area contributed by atoms with Gasteiger partial charge in [0.1, 0.15) is 0 Å². The quantitative estimate of drug-likeness (QED) is 0.210. The van der Waals surface area contributed by atoms with Crippen LogP contribution in [0.1, 0.15) is 140 Å². The summed E-state index contributed by atoms with van der Waals surface area (Å²) in [6.45, 7) is 20.9. The van der Waals surface area contributed by atoms with E-state index in [4.69, 9.17) is 4.74 Å². The highest BCUT2D eigenvalue weighted by Crippen LogP contribution is 2.02. The molecule has 0 aliphatic heterocycles. The zero-order valence-corrected chi connectivity index (χ0v) is 27.0. The zero-order valence-electron chi connectivity index (χ0n) is 27.0. The summed E-state index contributed by atoms with van der Waals surface area (Å²) < 4.78 is 4.74. The molecule has 0 saturated carbocycles. The van der Waals surface area contributed by atoms with Crippen molar-refractivity contribution in [3.05, 3.63) is 83.9 Å². The fourth-order valence-electron chi connectivity index (χ4n) is 2.50. The van der Waals surface area contributed by atoms with E-state index in [9.17, 15) is 9.59 Å². The monoisotopic (exact) mass is 573 g/mol. The van der Waals surface area contributed by atoms with Gasteiger partial charge in [-0.3, -0.25) is 4.79 Å². The van der Waals surface area contributed by atoms with E-state index in [2.05, 4.69) is 27.7 Å². The molecule has 0 spiro atoms. The Bertz CT molecular complexity index is 768. The van der Waals surface area contributed by atoms with Crippen LogP contribution in [0, 0.1) is 0 Å². The minimum atomic E-state index is -0.300.